The topological polar surface area (TPSA) is 17.8 Å². The lowest BCUT2D eigenvalue weighted by Crippen LogP contribution is -2.07. The molecule has 0 aliphatic heterocycles. The number of thiocarbonyl (C=S) groups is 1. The largest absolute Gasteiger partial charge is 0.281 e. The maximum atomic E-state index is 5.27. The Kier molecular flexibility index (Phi) is 6.71. The van der Waals surface area contributed by atoms with Crippen LogP contribution in [0.25, 0.3) is 11.0 Å². The molecule has 0 fully saturated rings. The molecule has 0 saturated heterocycles. The van der Waals surface area contributed by atoms with E-state index in [1.54, 1.807) is 0 Å². The highest BCUT2D eigenvalue weighted by Gasteiger charge is 2.11. The van der Waals surface area contributed by atoms with Gasteiger partial charge in [0.1, 0.15) is 10.1 Å². The lowest BCUT2D eigenvalue weighted by Gasteiger charge is -2.06. The highest BCUT2D eigenvalue weighted by molar-refractivity contribution is 8.11. The van der Waals surface area contributed by atoms with Gasteiger partial charge in [-0.3, -0.25) is 4.57 Å². The first-order valence-electron chi connectivity index (χ1n) is 7.93. The fourth-order valence-corrected chi connectivity index (χ4v) is 3.12. The minimum absolute atomic E-state index is 0.585. The van der Waals surface area contributed by atoms with Crippen molar-refractivity contribution < 1.29 is 0 Å². The van der Waals surface area contributed by atoms with Crippen molar-refractivity contribution in [1.29, 1.82) is 0 Å². The van der Waals surface area contributed by atoms with Crippen LogP contribution in [-0.2, 0) is 6.42 Å². The van der Waals surface area contributed by atoms with Gasteiger partial charge in [0.25, 0.3) is 0 Å². The first-order chi connectivity index (χ1) is 10.2. The van der Waals surface area contributed by atoms with Crippen LogP contribution in [0.3, 0.4) is 0 Å². The van der Waals surface area contributed by atoms with Gasteiger partial charge in [0, 0.05) is 6.42 Å². The van der Waals surface area contributed by atoms with E-state index in [2.05, 4.69) is 25.6 Å². The van der Waals surface area contributed by atoms with E-state index in [0.717, 1.165) is 23.3 Å². The van der Waals surface area contributed by atoms with Crippen molar-refractivity contribution >= 4 is 40.2 Å². The predicted octanol–water partition coefficient (Wildman–Crippen LogP) is 5.39. The van der Waals surface area contributed by atoms with Crippen LogP contribution in [0.5, 0.6) is 0 Å². The fraction of sp³-hybridized carbons (Fsp3) is 0.529. The summed E-state index contributed by atoms with van der Waals surface area (Å²) in [5.41, 5.74) is 2.07. The van der Waals surface area contributed by atoms with E-state index >= 15 is 0 Å². The van der Waals surface area contributed by atoms with E-state index in [4.69, 9.17) is 17.2 Å². The van der Waals surface area contributed by atoms with E-state index in [1.807, 2.05) is 22.8 Å². The highest BCUT2D eigenvalue weighted by Crippen LogP contribution is 2.19. The van der Waals surface area contributed by atoms with Crippen molar-refractivity contribution in [2.45, 2.75) is 58.3 Å². The second-order valence-electron chi connectivity index (χ2n) is 5.51. The molecule has 1 aromatic heterocycles. The number of imidazole rings is 1. The molecule has 1 aromatic carbocycles. The number of fused-ring (bicyclic) bond motifs is 1. The molecular formula is C17H24N2S2. The normalized spacial score (nSPS) is 11.1. The molecule has 114 valence electrons. The first kappa shape index (κ1) is 16.5. The average molecular weight is 321 g/mol. The Labute approximate surface area is 138 Å². The number of para-hydroxylation sites is 2. The molecule has 0 saturated carbocycles. The van der Waals surface area contributed by atoms with Crippen LogP contribution >= 0.6 is 24.8 Å². The minimum Gasteiger partial charge on any atom is -0.281 e. The zero-order valence-corrected chi connectivity index (χ0v) is 14.4. The van der Waals surface area contributed by atoms with Crippen LogP contribution in [0, 0.1) is 0 Å². The van der Waals surface area contributed by atoms with Crippen LogP contribution in [0.1, 0.15) is 57.7 Å². The third kappa shape index (κ3) is 4.55. The molecule has 0 radical (unpaired) electrons. The number of thiol groups is 1. The second-order valence-corrected chi connectivity index (χ2v) is 6.62. The Balaban J connectivity index is 1.92. The maximum Gasteiger partial charge on any atom is 0.143 e. The number of nitrogens with zero attached hydrogens (tertiary/aromatic N) is 2. The molecule has 0 amide bonds. The number of rotatable bonds is 8. The van der Waals surface area contributed by atoms with Crippen LogP contribution in [0.15, 0.2) is 24.3 Å². The van der Waals surface area contributed by atoms with Crippen molar-refractivity contribution in [2.75, 3.05) is 0 Å². The Morgan fingerprint density at radius 3 is 2.48 bits per heavy atom. The lowest BCUT2D eigenvalue weighted by atomic mass is 10.1. The standard InChI is InChI=1S/C17H24N2S2/c1-2-3-4-5-6-7-8-13-16-18-14-11-9-10-12-15(14)19(16)17(20)21/h9-12H,2-8,13H2,1H3,(H,20,21). The molecule has 0 atom stereocenters. The summed E-state index contributed by atoms with van der Waals surface area (Å²) < 4.78 is 2.59. The number of hydrogen-bond acceptors (Lipinski definition) is 2. The Morgan fingerprint density at radius 2 is 1.76 bits per heavy atom. The number of aromatic nitrogens is 2. The van der Waals surface area contributed by atoms with Gasteiger partial charge in [0.2, 0.25) is 0 Å². The van der Waals surface area contributed by atoms with Gasteiger partial charge in [-0.2, -0.15) is 0 Å². The fourth-order valence-electron chi connectivity index (χ4n) is 2.70. The van der Waals surface area contributed by atoms with Crippen molar-refractivity contribution in [2.24, 2.45) is 0 Å². The van der Waals surface area contributed by atoms with Crippen LogP contribution in [0.2, 0.25) is 0 Å². The number of unbranched alkanes of at least 4 members (excludes halogenated alkanes) is 6. The summed E-state index contributed by atoms with van der Waals surface area (Å²) in [6, 6.07) is 8.12. The van der Waals surface area contributed by atoms with E-state index in [1.165, 1.54) is 44.9 Å². The summed E-state index contributed by atoms with van der Waals surface area (Å²) in [4.78, 5) is 4.71. The van der Waals surface area contributed by atoms with Gasteiger partial charge in [0.15, 0.2) is 0 Å². The van der Waals surface area contributed by atoms with E-state index in [0.29, 0.717) is 4.32 Å². The molecule has 2 rings (SSSR count). The summed E-state index contributed by atoms with van der Waals surface area (Å²) in [5, 5.41) is 0. The molecule has 21 heavy (non-hydrogen) atoms. The Bertz CT molecular complexity index is 589. The molecule has 0 unspecified atom stereocenters. The van der Waals surface area contributed by atoms with Crippen molar-refractivity contribution in [3.8, 4) is 0 Å². The monoisotopic (exact) mass is 320 g/mol. The van der Waals surface area contributed by atoms with E-state index < -0.39 is 0 Å². The van der Waals surface area contributed by atoms with Gasteiger partial charge in [0.05, 0.1) is 11.0 Å². The number of aryl methyl sites for hydroxylation is 1. The SMILES string of the molecule is CCCCCCCCCc1nc2ccccc2n1C(=S)S. The molecule has 0 bridgehead atoms. The lowest BCUT2D eigenvalue weighted by molar-refractivity contribution is 0.584. The molecular weight excluding hydrogens is 296 g/mol. The Morgan fingerprint density at radius 1 is 1.10 bits per heavy atom. The molecule has 4 heteroatoms. The number of hydrogen-bond donors (Lipinski definition) is 1. The summed E-state index contributed by atoms with van der Waals surface area (Å²) in [5.74, 6) is 1.05. The minimum atomic E-state index is 0.585. The predicted molar refractivity (Wildman–Crippen MR) is 98.4 cm³/mol. The van der Waals surface area contributed by atoms with Gasteiger partial charge >= 0.3 is 0 Å². The van der Waals surface area contributed by atoms with Gasteiger partial charge in [-0.05, 0) is 18.6 Å². The van der Waals surface area contributed by atoms with Gasteiger partial charge in [-0.1, -0.05) is 69.8 Å². The molecule has 0 aliphatic rings. The third-order valence-electron chi connectivity index (χ3n) is 3.83. The molecule has 0 spiro atoms. The summed E-state index contributed by atoms with van der Waals surface area (Å²) in [7, 11) is 0. The average Bonchev–Trinajstić information content (AvgIpc) is 2.84. The quantitative estimate of drug-likeness (QED) is 0.399. The third-order valence-corrected chi connectivity index (χ3v) is 4.21. The Hall–Kier alpha value is -0.870. The first-order valence-corrected chi connectivity index (χ1v) is 8.79. The van der Waals surface area contributed by atoms with E-state index in [-0.39, 0.29) is 0 Å². The van der Waals surface area contributed by atoms with Gasteiger partial charge in [-0.15, -0.1) is 12.6 Å². The summed E-state index contributed by atoms with van der Waals surface area (Å²) in [6.07, 6.45) is 10.1. The van der Waals surface area contributed by atoms with Crippen molar-refractivity contribution in [3.63, 3.8) is 0 Å². The van der Waals surface area contributed by atoms with Crippen LogP contribution in [-0.4, -0.2) is 13.9 Å². The zero-order chi connectivity index (χ0) is 15.1. The molecule has 0 N–H and O–H groups in total. The number of benzene rings is 1. The van der Waals surface area contributed by atoms with E-state index in [9.17, 15) is 0 Å². The maximum absolute atomic E-state index is 5.27. The van der Waals surface area contributed by atoms with Crippen molar-refractivity contribution in [1.82, 2.24) is 9.55 Å². The molecule has 0 aliphatic carbocycles. The zero-order valence-electron chi connectivity index (χ0n) is 12.7. The van der Waals surface area contributed by atoms with Crippen LogP contribution in [0.4, 0.5) is 0 Å². The second kappa shape index (κ2) is 8.54. The highest BCUT2D eigenvalue weighted by atomic mass is 32.1. The smallest absolute Gasteiger partial charge is 0.143 e. The summed E-state index contributed by atoms with van der Waals surface area (Å²) >= 11 is 9.62. The van der Waals surface area contributed by atoms with Crippen molar-refractivity contribution in [3.05, 3.63) is 30.1 Å². The van der Waals surface area contributed by atoms with Gasteiger partial charge < -0.3 is 0 Å². The molecule has 1 heterocycles. The molecule has 2 nitrogen and oxygen atoms in total. The van der Waals surface area contributed by atoms with Gasteiger partial charge in [-0.25, -0.2) is 4.98 Å². The summed E-state index contributed by atoms with van der Waals surface area (Å²) in [6.45, 7) is 2.25. The van der Waals surface area contributed by atoms with Crippen LogP contribution < -0.4 is 0 Å². The molecule has 2 aromatic rings.